The number of likely N-dealkylation sites (N-methyl/N-ethyl adjacent to an activating group) is 1. The zero-order chi connectivity index (χ0) is 11.3. The average Bonchev–Trinajstić information content (AvgIpc) is 2.65. The van der Waals surface area contributed by atoms with Crippen molar-refractivity contribution in [3.8, 4) is 0 Å². The third-order valence-corrected chi connectivity index (χ3v) is 2.64. The standard InChI is InChI=1S/C10H18N2O3/c1-11(8-10(14)15)9(13)4-7-12-5-2-3-6-12/h2-8H2,1H3,(H,14,15). The van der Waals surface area contributed by atoms with E-state index in [0.29, 0.717) is 6.42 Å². The van der Waals surface area contributed by atoms with Crippen LogP contribution in [0.3, 0.4) is 0 Å². The highest BCUT2D eigenvalue weighted by molar-refractivity contribution is 5.81. The van der Waals surface area contributed by atoms with Crippen LogP contribution in [0, 0.1) is 0 Å². The van der Waals surface area contributed by atoms with Crippen molar-refractivity contribution in [1.29, 1.82) is 0 Å². The first-order chi connectivity index (χ1) is 7.09. The van der Waals surface area contributed by atoms with Gasteiger partial charge in [-0.2, -0.15) is 0 Å². The van der Waals surface area contributed by atoms with Gasteiger partial charge in [-0.1, -0.05) is 0 Å². The Morgan fingerprint density at radius 1 is 1.33 bits per heavy atom. The van der Waals surface area contributed by atoms with Crippen molar-refractivity contribution < 1.29 is 14.7 Å². The Bertz CT molecular complexity index is 237. The van der Waals surface area contributed by atoms with Gasteiger partial charge in [-0.3, -0.25) is 9.59 Å². The molecule has 1 N–H and O–H groups in total. The molecule has 0 aromatic rings. The molecule has 0 aliphatic carbocycles. The van der Waals surface area contributed by atoms with Gasteiger partial charge in [-0.25, -0.2) is 0 Å². The van der Waals surface area contributed by atoms with E-state index in [0.717, 1.165) is 19.6 Å². The van der Waals surface area contributed by atoms with Gasteiger partial charge in [0.25, 0.3) is 0 Å². The Kier molecular flexibility index (Phi) is 4.55. The molecule has 0 atom stereocenters. The van der Waals surface area contributed by atoms with Gasteiger partial charge in [0.1, 0.15) is 6.54 Å². The Hall–Kier alpha value is -1.10. The summed E-state index contributed by atoms with van der Waals surface area (Å²) >= 11 is 0. The highest BCUT2D eigenvalue weighted by atomic mass is 16.4. The lowest BCUT2D eigenvalue weighted by Gasteiger charge is -2.18. The summed E-state index contributed by atoms with van der Waals surface area (Å²) in [4.78, 5) is 25.3. The number of carbonyl (C=O) groups is 2. The topological polar surface area (TPSA) is 60.9 Å². The molecule has 0 saturated carbocycles. The van der Waals surface area contributed by atoms with Crippen molar-refractivity contribution in [2.24, 2.45) is 0 Å². The number of likely N-dealkylation sites (tertiary alicyclic amines) is 1. The maximum Gasteiger partial charge on any atom is 0.323 e. The molecule has 0 spiro atoms. The van der Waals surface area contributed by atoms with Gasteiger partial charge < -0.3 is 14.9 Å². The summed E-state index contributed by atoms with van der Waals surface area (Å²) < 4.78 is 0. The maximum absolute atomic E-state index is 11.5. The Morgan fingerprint density at radius 2 is 1.93 bits per heavy atom. The molecule has 1 fully saturated rings. The lowest BCUT2D eigenvalue weighted by molar-refractivity contribution is -0.143. The first-order valence-electron chi connectivity index (χ1n) is 5.27. The van der Waals surface area contributed by atoms with Crippen molar-refractivity contribution in [3.05, 3.63) is 0 Å². The summed E-state index contributed by atoms with van der Waals surface area (Å²) in [5.74, 6) is -1.06. The molecule has 0 radical (unpaired) electrons. The summed E-state index contributed by atoms with van der Waals surface area (Å²) in [5, 5.41) is 8.51. The van der Waals surface area contributed by atoms with Crippen LogP contribution in [-0.4, -0.2) is 60.0 Å². The predicted molar refractivity (Wildman–Crippen MR) is 55.6 cm³/mol. The van der Waals surface area contributed by atoms with Crippen molar-refractivity contribution >= 4 is 11.9 Å². The molecule has 86 valence electrons. The molecule has 5 nitrogen and oxygen atoms in total. The van der Waals surface area contributed by atoms with E-state index in [1.54, 1.807) is 0 Å². The van der Waals surface area contributed by atoms with Crippen LogP contribution in [0.4, 0.5) is 0 Å². The number of hydrogen-bond donors (Lipinski definition) is 1. The number of carboxylic acids is 1. The molecular formula is C10H18N2O3. The van der Waals surface area contributed by atoms with Crippen LogP contribution in [0.5, 0.6) is 0 Å². The first-order valence-corrected chi connectivity index (χ1v) is 5.27. The van der Waals surface area contributed by atoms with Crippen LogP contribution in [0.15, 0.2) is 0 Å². The van der Waals surface area contributed by atoms with E-state index in [1.165, 1.54) is 24.8 Å². The van der Waals surface area contributed by atoms with Gasteiger partial charge in [-0.15, -0.1) is 0 Å². The van der Waals surface area contributed by atoms with E-state index in [4.69, 9.17) is 5.11 Å². The minimum atomic E-state index is -0.966. The molecule has 1 aliphatic rings. The summed E-state index contributed by atoms with van der Waals surface area (Å²) in [7, 11) is 1.53. The molecule has 1 aliphatic heterocycles. The van der Waals surface area contributed by atoms with Gasteiger partial charge >= 0.3 is 5.97 Å². The molecule has 1 saturated heterocycles. The lowest BCUT2D eigenvalue weighted by Crippen LogP contribution is -2.34. The molecule has 0 aromatic heterocycles. The van der Waals surface area contributed by atoms with E-state index < -0.39 is 5.97 Å². The van der Waals surface area contributed by atoms with Crippen LogP contribution < -0.4 is 0 Å². The largest absolute Gasteiger partial charge is 0.480 e. The molecule has 1 heterocycles. The van der Waals surface area contributed by atoms with Gasteiger partial charge in [-0.05, 0) is 25.9 Å². The minimum Gasteiger partial charge on any atom is -0.480 e. The maximum atomic E-state index is 11.5. The predicted octanol–water partition coefficient (Wildman–Crippen LogP) is 0.0153. The number of carbonyl (C=O) groups excluding carboxylic acids is 1. The summed E-state index contributed by atoms with van der Waals surface area (Å²) in [6, 6.07) is 0. The van der Waals surface area contributed by atoms with Gasteiger partial charge in [0.2, 0.25) is 5.91 Å². The van der Waals surface area contributed by atoms with Crippen LogP contribution >= 0.6 is 0 Å². The fraction of sp³-hybridized carbons (Fsp3) is 0.800. The second-order valence-corrected chi connectivity index (χ2v) is 3.94. The second-order valence-electron chi connectivity index (χ2n) is 3.94. The van der Waals surface area contributed by atoms with E-state index >= 15 is 0 Å². The summed E-state index contributed by atoms with van der Waals surface area (Å²) in [6.07, 6.45) is 2.84. The van der Waals surface area contributed by atoms with Crippen LogP contribution in [-0.2, 0) is 9.59 Å². The number of hydrogen-bond acceptors (Lipinski definition) is 3. The zero-order valence-corrected chi connectivity index (χ0v) is 9.11. The lowest BCUT2D eigenvalue weighted by atomic mass is 10.3. The molecule has 0 bridgehead atoms. The number of aliphatic carboxylic acids is 1. The van der Waals surface area contributed by atoms with Crippen LogP contribution in [0.1, 0.15) is 19.3 Å². The second kappa shape index (κ2) is 5.70. The molecule has 1 amide bonds. The quantitative estimate of drug-likeness (QED) is 0.700. The van der Waals surface area contributed by atoms with Crippen molar-refractivity contribution in [3.63, 3.8) is 0 Å². The number of nitrogens with zero attached hydrogens (tertiary/aromatic N) is 2. The molecule has 15 heavy (non-hydrogen) atoms. The van der Waals surface area contributed by atoms with Gasteiger partial charge in [0.15, 0.2) is 0 Å². The summed E-state index contributed by atoms with van der Waals surface area (Å²) in [6.45, 7) is 2.67. The van der Waals surface area contributed by atoms with E-state index in [1.807, 2.05) is 0 Å². The molecular weight excluding hydrogens is 196 g/mol. The number of carboxylic acid groups (broad SMARTS) is 1. The fourth-order valence-electron chi connectivity index (χ4n) is 1.74. The van der Waals surface area contributed by atoms with E-state index in [-0.39, 0.29) is 12.5 Å². The minimum absolute atomic E-state index is 0.0932. The smallest absolute Gasteiger partial charge is 0.323 e. The zero-order valence-electron chi connectivity index (χ0n) is 9.11. The highest BCUT2D eigenvalue weighted by Crippen LogP contribution is 2.07. The first kappa shape index (κ1) is 12.0. The van der Waals surface area contributed by atoms with Gasteiger partial charge in [0.05, 0.1) is 0 Å². The fourth-order valence-corrected chi connectivity index (χ4v) is 1.74. The average molecular weight is 214 g/mol. The Labute approximate surface area is 89.7 Å². The third-order valence-electron chi connectivity index (χ3n) is 2.64. The number of amides is 1. The van der Waals surface area contributed by atoms with Crippen LogP contribution in [0.2, 0.25) is 0 Å². The highest BCUT2D eigenvalue weighted by Gasteiger charge is 2.15. The monoisotopic (exact) mass is 214 g/mol. The van der Waals surface area contributed by atoms with E-state index in [2.05, 4.69) is 4.90 Å². The van der Waals surface area contributed by atoms with Crippen LogP contribution in [0.25, 0.3) is 0 Å². The summed E-state index contributed by atoms with van der Waals surface area (Å²) in [5.41, 5.74) is 0. The SMILES string of the molecule is CN(CC(=O)O)C(=O)CCN1CCCC1. The molecule has 0 aromatic carbocycles. The van der Waals surface area contributed by atoms with Gasteiger partial charge in [0, 0.05) is 20.0 Å². The van der Waals surface area contributed by atoms with Crippen molar-refractivity contribution in [1.82, 2.24) is 9.80 Å². The normalized spacial score (nSPS) is 16.6. The van der Waals surface area contributed by atoms with E-state index in [9.17, 15) is 9.59 Å². The molecule has 5 heteroatoms. The Morgan fingerprint density at radius 3 is 2.47 bits per heavy atom. The van der Waals surface area contributed by atoms with Crippen molar-refractivity contribution in [2.45, 2.75) is 19.3 Å². The number of rotatable bonds is 5. The van der Waals surface area contributed by atoms with Crippen molar-refractivity contribution in [2.75, 3.05) is 33.2 Å². The Balaban J connectivity index is 2.19. The molecule has 1 rings (SSSR count). The third kappa shape index (κ3) is 4.29. The molecule has 0 unspecified atom stereocenters.